The van der Waals surface area contributed by atoms with Gasteiger partial charge in [0.25, 0.3) is 10.0 Å². The largest absolute Gasteiger partial charge is 0.494 e. The van der Waals surface area contributed by atoms with Gasteiger partial charge in [-0.15, -0.1) is 11.8 Å². The van der Waals surface area contributed by atoms with Crippen LogP contribution in [0.1, 0.15) is 32.8 Å². The fourth-order valence-electron chi connectivity index (χ4n) is 4.07. The first-order valence-corrected chi connectivity index (χ1v) is 16.0. The SMILES string of the molecule is CCCNC(=O)[C@H](C)N(Cc1ccccc1F)C(=O)CN(c1ccc(OCC)cc1)S(=O)(=O)c1ccc(SC)cc1. The van der Waals surface area contributed by atoms with Gasteiger partial charge in [0.15, 0.2) is 0 Å². The normalized spacial score (nSPS) is 11.9. The maximum atomic E-state index is 14.6. The average molecular weight is 602 g/mol. The Balaban J connectivity index is 2.03. The summed E-state index contributed by atoms with van der Waals surface area (Å²) in [7, 11) is -4.21. The lowest BCUT2D eigenvalue weighted by atomic mass is 10.1. The van der Waals surface area contributed by atoms with E-state index in [0.29, 0.717) is 25.3 Å². The average Bonchev–Trinajstić information content (AvgIpc) is 2.98. The maximum absolute atomic E-state index is 14.6. The topological polar surface area (TPSA) is 96.0 Å². The molecule has 0 fully saturated rings. The molecule has 0 bridgehead atoms. The number of carbonyl (C=O) groups is 2. The van der Waals surface area contributed by atoms with Crippen molar-refractivity contribution >= 4 is 39.3 Å². The molecule has 0 unspecified atom stereocenters. The van der Waals surface area contributed by atoms with Crippen molar-refractivity contribution in [3.63, 3.8) is 0 Å². The van der Waals surface area contributed by atoms with Crippen molar-refractivity contribution in [3.8, 4) is 5.75 Å². The van der Waals surface area contributed by atoms with E-state index in [1.807, 2.05) is 20.1 Å². The first kappa shape index (κ1) is 32.0. The number of sulfonamides is 1. The number of nitrogens with zero attached hydrogens (tertiary/aromatic N) is 2. The third-order valence-electron chi connectivity index (χ3n) is 6.38. The van der Waals surface area contributed by atoms with Crippen LogP contribution in [-0.4, -0.2) is 57.1 Å². The number of benzene rings is 3. The van der Waals surface area contributed by atoms with Gasteiger partial charge in [0.1, 0.15) is 24.2 Å². The van der Waals surface area contributed by atoms with E-state index in [-0.39, 0.29) is 22.7 Å². The third-order valence-corrected chi connectivity index (χ3v) is 8.91. The minimum atomic E-state index is -4.21. The van der Waals surface area contributed by atoms with Crippen LogP contribution in [0.15, 0.2) is 82.6 Å². The Labute approximate surface area is 245 Å². The van der Waals surface area contributed by atoms with Crippen LogP contribution < -0.4 is 14.4 Å². The van der Waals surface area contributed by atoms with Crippen LogP contribution in [0.5, 0.6) is 5.75 Å². The summed E-state index contributed by atoms with van der Waals surface area (Å²) in [4.78, 5) is 28.9. The zero-order chi connectivity index (χ0) is 30.0. The van der Waals surface area contributed by atoms with Gasteiger partial charge in [0, 0.05) is 23.5 Å². The molecule has 3 aromatic rings. The summed E-state index contributed by atoms with van der Waals surface area (Å²) in [5.74, 6) is -1.06. The van der Waals surface area contributed by atoms with Crippen molar-refractivity contribution in [2.45, 2.75) is 49.6 Å². The number of rotatable bonds is 14. The van der Waals surface area contributed by atoms with E-state index in [1.165, 1.54) is 47.0 Å². The lowest BCUT2D eigenvalue weighted by Crippen LogP contribution is -2.51. The van der Waals surface area contributed by atoms with E-state index < -0.39 is 40.2 Å². The molecule has 0 saturated heterocycles. The lowest BCUT2D eigenvalue weighted by molar-refractivity contribution is -0.139. The number of amides is 2. The van der Waals surface area contributed by atoms with Crippen LogP contribution in [0.25, 0.3) is 0 Å². The number of nitrogens with one attached hydrogen (secondary N) is 1. The van der Waals surface area contributed by atoms with Gasteiger partial charge in [0.05, 0.1) is 17.2 Å². The van der Waals surface area contributed by atoms with Crippen molar-refractivity contribution in [2.24, 2.45) is 0 Å². The van der Waals surface area contributed by atoms with Gasteiger partial charge < -0.3 is 15.0 Å². The molecule has 0 aliphatic carbocycles. The Morgan fingerprint density at radius 3 is 2.24 bits per heavy atom. The summed E-state index contributed by atoms with van der Waals surface area (Å²) in [5.41, 5.74) is 0.448. The molecule has 2 amide bonds. The van der Waals surface area contributed by atoms with Crippen LogP contribution in [0.3, 0.4) is 0 Å². The van der Waals surface area contributed by atoms with E-state index in [4.69, 9.17) is 4.74 Å². The summed E-state index contributed by atoms with van der Waals surface area (Å²) in [6, 6.07) is 17.7. The molecular weight excluding hydrogens is 565 g/mol. The van der Waals surface area contributed by atoms with Crippen molar-refractivity contribution in [1.82, 2.24) is 10.2 Å². The standard InChI is InChI=1S/C30H36FN3O5S2/c1-5-19-32-30(36)22(3)33(20-23-9-7-8-10-28(23)31)29(35)21-34(24-11-13-25(14-12-24)39-6-2)41(37,38)27-17-15-26(40-4)16-18-27/h7-18,22H,5-6,19-21H2,1-4H3,(H,32,36)/t22-/m0/s1. The first-order valence-electron chi connectivity index (χ1n) is 13.3. The second-order valence-corrected chi connectivity index (χ2v) is 11.9. The summed E-state index contributed by atoms with van der Waals surface area (Å²) >= 11 is 1.48. The summed E-state index contributed by atoms with van der Waals surface area (Å²) in [6.45, 7) is 5.29. The molecule has 3 aromatic carbocycles. The zero-order valence-corrected chi connectivity index (χ0v) is 25.3. The predicted molar refractivity (Wildman–Crippen MR) is 160 cm³/mol. The van der Waals surface area contributed by atoms with Crippen LogP contribution in [-0.2, 0) is 26.2 Å². The molecule has 8 nitrogen and oxygen atoms in total. The number of ether oxygens (including phenoxy) is 1. The molecule has 0 spiro atoms. The Hall–Kier alpha value is -3.57. The van der Waals surface area contributed by atoms with E-state index in [0.717, 1.165) is 9.20 Å². The highest BCUT2D eigenvalue weighted by atomic mass is 32.2. The Morgan fingerprint density at radius 1 is 1.00 bits per heavy atom. The molecule has 3 rings (SSSR count). The molecule has 0 aromatic heterocycles. The first-order chi connectivity index (χ1) is 19.6. The highest BCUT2D eigenvalue weighted by molar-refractivity contribution is 7.98. The summed E-state index contributed by atoms with van der Waals surface area (Å²) < 4.78 is 49.0. The van der Waals surface area contributed by atoms with E-state index in [1.54, 1.807) is 49.4 Å². The minimum absolute atomic E-state index is 0.00590. The number of hydrogen-bond donors (Lipinski definition) is 1. The molecule has 41 heavy (non-hydrogen) atoms. The highest BCUT2D eigenvalue weighted by Crippen LogP contribution is 2.28. The van der Waals surface area contributed by atoms with Crippen LogP contribution in [0, 0.1) is 5.82 Å². The van der Waals surface area contributed by atoms with Crippen molar-refractivity contribution in [2.75, 3.05) is 30.3 Å². The number of carbonyl (C=O) groups excluding carboxylic acids is 2. The van der Waals surface area contributed by atoms with Gasteiger partial charge in [-0.2, -0.15) is 0 Å². The number of halogens is 1. The fraction of sp³-hybridized carbons (Fsp3) is 0.333. The molecule has 0 heterocycles. The van der Waals surface area contributed by atoms with Crippen LogP contribution >= 0.6 is 11.8 Å². The maximum Gasteiger partial charge on any atom is 0.264 e. The molecule has 11 heteroatoms. The summed E-state index contributed by atoms with van der Waals surface area (Å²) in [5, 5.41) is 2.76. The molecule has 1 N–H and O–H groups in total. The fourth-order valence-corrected chi connectivity index (χ4v) is 5.89. The molecule has 0 aliphatic heterocycles. The van der Waals surface area contributed by atoms with Gasteiger partial charge in [-0.25, -0.2) is 12.8 Å². The molecule has 220 valence electrons. The van der Waals surface area contributed by atoms with Crippen LogP contribution in [0.4, 0.5) is 10.1 Å². The van der Waals surface area contributed by atoms with Gasteiger partial charge in [-0.1, -0.05) is 25.1 Å². The highest BCUT2D eigenvalue weighted by Gasteiger charge is 2.33. The summed E-state index contributed by atoms with van der Waals surface area (Å²) in [6.07, 6.45) is 2.58. The van der Waals surface area contributed by atoms with Gasteiger partial charge in [0.2, 0.25) is 11.8 Å². The Morgan fingerprint density at radius 2 is 1.66 bits per heavy atom. The Bertz CT molecular complexity index is 1420. The Kier molecular flexibility index (Phi) is 11.6. The number of hydrogen-bond acceptors (Lipinski definition) is 6. The zero-order valence-electron chi connectivity index (χ0n) is 23.7. The molecule has 0 aliphatic rings. The van der Waals surface area contributed by atoms with Crippen molar-refractivity contribution in [3.05, 3.63) is 84.2 Å². The van der Waals surface area contributed by atoms with Gasteiger partial charge >= 0.3 is 0 Å². The minimum Gasteiger partial charge on any atom is -0.494 e. The number of thioether (sulfide) groups is 1. The van der Waals surface area contributed by atoms with Gasteiger partial charge in [-0.05, 0) is 81.1 Å². The monoisotopic (exact) mass is 601 g/mol. The molecular formula is C30H36FN3O5S2. The molecule has 0 radical (unpaired) electrons. The van der Waals surface area contributed by atoms with E-state index >= 15 is 0 Å². The van der Waals surface area contributed by atoms with E-state index in [2.05, 4.69) is 5.32 Å². The molecule has 1 atom stereocenters. The van der Waals surface area contributed by atoms with Gasteiger partial charge in [-0.3, -0.25) is 13.9 Å². The van der Waals surface area contributed by atoms with E-state index in [9.17, 15) is 22.4 Å². The number of anilines is 1. The smallest absolute Gasteiger partial charge is 0.264 e. The second kappa shape index (κ2) is 14.9. The van der Waals surface area contributed by atoms with Crippen molar-refractivity contribution < 1.29 is 27.1 Å². The van der Waals surface area contributed by atoms with Crippen LogP contribution in [0.2, 0.25) is 0 Å². The quantitative estimate of drug-likeness (QED) is 0.259. The lowest BCUT2D eigenvalue weighted by Gasteiger charge is -2.32. The third kappa shape index (κ3) is 8.23. The predicted octanol–water partition coefficient (Wildman–Crippen LogP) is 5.09. The molecule has 0 saturated carbocycles. The van der Waals surface area contributed by atoms with Crippen molar-refractivity contribution in [1.29, 1.82) is 0 Å². The second-order valence-electron chi connectivity index (χ2n) is 9.19.